The molecular weight excluding hydrogens is 540 g/mol. The first-order chi connectivity index (χ1) is 18.2. The number of cyclic esters (lactones) is 1. The fourth-order valence-corrected chi connectivity index (χ4v) is 5.03. The number of carbonyl (C=O) groups is 2. The molecule has 206 valence electrons. The first-order valence-electron chi connectivity index (χ1n) is 11.8. The van der Waals surface area contributed by atoms with Crippen LogP contribution in [0.25, 0.3) is 22.3 Å². The van der Waals surface area contributed by atoms with E-state index >= 15 is 4.39 Å². The van der Waals surface area contributed by atoms with E-state index in [0.29, 0.717) is 17.0 Å². The van der Waals surface area contributed by atoms with E-state index in [4.69, 9.17) is 19.3 Å². The monoisotopic (exact) mass is 563 g/mol. The summed E-state index contributed by atoms with van der Waals surface area (Å²) in [5.41, 5.74) is -0.938. The van der Waals surface area contributed by atoms with Gasteiger partial charge in [-0.15, -0.1) is 0 Å². The van der Waals surface area contributed by atoms with Gasteiger partial charge in [-0.05, 0) is 32.4 Å². The van der Waals surface area contributed by atoms with Gasteiger partial charge in [-0.2, -0.15) is 0 Å². The Morgan fingerprint density at radius 2 is 2.03 bits per heavy atom. The van der Waals surface area contributed by atoms with E-state index in [1.165, 1.54) is 10.6 Å². The number of esters is 1. The van der Waals surface area contributed by atoms with Crippen LogP contribution in [0.4, 0.5) is 14.9 Å². The number of rotatable bonds is 5. The van der Waals surface area contributed by atoms with Crippen LogP contribution >= 0.6 is 7.82 Å². The molecule has 0 radical (unpaired) electrons. The zero-order valence-corrected chi connectivity index (χ0v) is 21.7. The maximum Gasteiger partial charge on any atom is 0.529 e. The van der Waals surface area contributed by atoms with E-state index in [0.717, 1.165) is 6.07 Å². The van der Waals surface area contributed by atoms with E-state index in [-0.39, 0.29) is 53.3 Å². The van der Waals surface area contributed by atoms with Gasteiger partial charge in [0.25, 0.3) is 5.56 Å². The Morgan fingerprint density at radius 1 is 1.31 bits per heavy atom. The molecule has 3 aromatic rings. The molecule has 4 N–H and O–H groups in total. The topological polar surface area (TPSA) is 187 Å². The molecule has 5 rings (SSSR count). The Balaban J connectivity index is 1.69. The summed E-state index contributed by atoms with van der Waals surface area (Å²) in [6, 6.07) is 3.78. The predicted molar refractivity (Wildman–Crippen MR) is 132 cm³/mol. The average molecular weight is 563 g/mol. The molecule has 1 aromatic carbocycles. The first-order valence-corrected chi connectivity index (χ1v) is 13.3. The van der Waals surface area contributed by atoms with Crippen molar-refractivity contribution in [1.82, 2.24) is 9.55 Å². The number of carbonyl (C=O) groups excluding carboxylic acids is 2. The van der Waals surface area contributed by atoms with Crippen molar-refractivity contribution in [2.24, 2.45) is 0 Å². The first kappa shape index (κ1) is 26.8. The van der Waals surface area contributed by atoms with E-state index in [1.54, 1.807) is 26.8 Å². The second kappa shape index (κ2) is 9.12. The Morgan fingerprint density at radius 3 is 2.67 bits per heavy atom. The second-order valence-corrected chi connectivity index (χ2v) is 10.6. The van der Waals surface area contributed by atoms with Gasteiger partial charge in [0.15, 0.2) is 17.2 Å². The molecule has 2 aromatic heterocycles. The minimum atomic E-state index is -5.25. The van der Waals surface area contributed by atoms with Crippen molar-refractivity contribution >= 4 is 36.5 Å². The van der Waals surface area contributed by atoms with E-state index < -0.39 is 42.7 Å². The molecule has 0 fully saturated rings. The average Bonchev–Trinajstić information content (AvgIpc) is 3.19. The Kier molecular flexibility index (Phi) is 6.26. The van der Waals surface area contributed by atoms with Crippen LogP contribution in [0.5, 0.6) is 5.75 Å². The number of aliphatic hydroxyl groups is 1. The molecule has 0 amide bonds. The molecule has 15 heteroatoms. The van der Waals surface area contributed by atoms with Gasteiger partial charge in [-0.25, -0.2) is 23.5 Å². The SMILES string of the molecule is CC[C@@]1(O)C(=O)OCc2c1cc1n(c2=O)Cc2cc3c(NC(C)C)c(OC(=O)OP(=O)(O)O)c(F)cc3nc2-1. The zero-order chi connectivity index (χ0) is 28.4. The molecule has 0 unspecified atom stereocenters. The highest BCUT2D eigenvalue weighted by molar-refractivity contribution is 7.46. The smallest absolute Gasteiger partial charge is 0.458 e. The molecule has 2 aliphatic rings. The molecule has 2 aliphatic heterocycles. The fraction of sp³-hybridized carbons (Fsp3) is 0.333. The molecule has 0 spiro atoms. The largest absolute Gasteiger partial charge is 0.529 e. The third-order valence-corrected chi connectivity index (χ3v) is 6.92. The van der Waals surface area contributed by atoms with Crippen LogP contribution < -0.4 is 15.6 Å². The number of phosphoric acid groups is 1. The molecular formula is C24H23FN3O10P. The van der Waals surface area contributed by atoms with Crippen molar-refractivity contribution < 1.29 is 47.4 Å². The molecule has 13 nitrogen and oxygen atoms in total. The number of phosphoric ester groups is 1. The fourth-order valence-electron chi connectivity index (χ4n) is 4.80. The number of benzene rings is 1. The van der Waals surface area contributed by atoms with Crippen LogP contribution in [0.3, 0.4) is 0 Å². The highest BCUT2D eigenvalue weighted by Crippen LogP contribution is 2.43. The van der Waals surface area contributed by atoms with E-state index in [2.05, 4.69) is 14.8 Å². The number of fused-ring (bicyclic) bond motifs is 5. The number of ether oxygens (including phenoxy) is 2. The standard InChI is InChI=1S/C24H23FN3O10P/c1-4-24(32)14-6-17-18-11(8-28(17)21(29)13(14)9-36-22(24)30)5-12-16(27-18)7-15(25)20(19(12)26-10(2)3)37-23(31)38-39(33,34)35/h5-7,10,26,32H,4,8-9H2,1-3H3,(H2,33,34,35)/t24-/m0/s1. The van der Waals surface area contributed by atoms with Gasteiger partial charge in [-0.1, -0.05) is 6.92 Å². The van der Waals surface area contributed by atoms with Gasteiger partial charge in [0.2, 0.25) is 0 Å². The van der Waals surface area contributed by atoms with Gasteiger partial charge in [-0.3, -0.25) is 14.6 Å². The third-order valence-electron chi connectivity index (χ3n) is 6.53. The molecule has 0 saturated carbocycles. The summed E-state index contributed by atoms with van der Waals surface area (Å²) in [7, 11) is -5.25. The number of halogens is 1. The Bertz CT molecular complexity index is 1680. The highest BCUT2D eigenvalue weighted by Gasteiger charge is 2.45. The number of pyridine rings is 2. The van der Waals surface area contributed by atoms with Crippen molar-refractivity contribution in [1.29, 1.82) is 0 Å². The Labute approximate surface area is 219 Å². The van der Waals surface area contributed by atoms with Gasteiger partial charge in [0.05, 0.1) is 34.7 Å². The van der Waals surface area contributed by atoms with Crippen LogP contribution in [0.1, 0.15) is 43.9 Å². The second-order valence-electron chi connectivity index (χ2n) is 9.46. The molecule has 0 bridgehead atoms. The third kappa shape index (κ3) is 4.44. The molecule has 39 heavy (non-hydrogen) atoms. The van der Waals surface area contributed by atoms with Crippen molar-refractivity contribution in [2.75, 3.05) is 5.32 Å². The summed E-state index contributed by atoms with van der Waals surface area (Å²) in [6.45, 7) is 4.82. The summed E-state index contributed by atoms with van der Waals surface area (Å²) in [6.07, 6.45) is -1.84. The number of nitrogens with zero attached hydrogens (tertiary/aromatic N) is 2. The number of aromatic nitrogens is 2. The van der Waals surface area contributed by atoms with Crippen molar-refractivity contribution in [3.8, 4) is 17.1 Å². The van der Waals surface area contributed by atoms with Crippen LogP contribution in [-0.4, -0.2) is 42.6 Å². The summed E-state index contributed by atoms with van der Waals surface area (Å²) in [5.74, 6) is -2.60. The lowest BCUT2D eigenvalue weighted by Gasteiger charge is -2.31. The van der Waals surface area contributed by atoms with Gasteiger partial charge in [0.1, 0.15) is 6.61 Å². The molecule has 1 atom stereocenters. The van der Waals surface area contributed by atoms with Crippen molar-refractivity contribution in [3.05, 3.63) is 51.1 Å². The minimum absolute atomic E-state index is 0.0254. The summed E-state index contributed by atoms with van der Waals surface area (Å²) in [4.78, 5) is 59.9. The van der Waals surface area contributed by atoms with Crippen LogP contribution in [-0.2, 0) is 37.4 Å². The van der Waals surface area contributed by atoms with Crippen LogP contribution in [0.15, 0.2) is 23.0 Å². The zero-order valence-electron chi connectivity index (χ0n) is 20.8. The summed E-state index contributed by atoms with van der Waals surface area (Å²) in [5, 5.41) is 14.2. The van der Waals surface area contributed by atoms with E-state index in [1.807, 2.05) is 0 Å². The number of hydrogen-bond donors (Lipinski definition) is 4. The van der Waals surface area contributed by atoms with E-state index in [9.17, 15) is 24.1 Å². The van der Waals surface area contributed by atoms with Crippen LogP contribution in [0.2, 0.25) is 0 Å². The Hall–Kier alpha value is -3.84. The van der Waals surface area contributed by atoms with Gasteiger partial charge in [0, 0.05) is 28.6 Å². The predicted octanol–water partition coefficient (Wildman–Crippen LogP) is 2.65. The van der Waals surface area contributed by atoms with Gasteiger partial charge >= 0.3 is 19.9 Å². The maximum atomic E-state index is 15.2. The van der Waals surface area contributed by atoms with Crippen molar-refractivity contribution in [2.45, 2.75) is 52.0 Å². The maximum absolute atomic E-state index is 15.2. The lowest BCUT2D eigenvalue weighted by Crippen LogP contribution is -2.44. The number of nitrogens with one attached hydrogen (secondary N) is 1. The summed E-state index contributed by atoms with van der Waals surface area (Å²) < 4.78 is 41.4. The number of hydrogen-bond acceptors (Lipinski definition) is 10. The molecule has 4 heterocycles. The van der Waals surface area contributed by atoms with Crippen molar-refractivity contribution in [3.63, 3.8) is 0 Å². The number of anilines is 1. The summed E-state index contributed by atoms with van der Waals surface area (Å²) >= 11 is 0. The lowest BCUT2D eigenvalue weighted by molar-refractivity contribution is -0.172. The van der Waals surface area contributed by atoms with Crippen LogP contribution in [0, 0.1) is 5.82 Å². The highest BCUT2D eigenvalue weighted by atomic mass is 31.2. The normalized spacial score (nSPS) is 17.9. The minimum Gasteiger partial charge on any atom is -0.458 e. The van der Waals surface area contributed by atoms with Gasteiger partial charge < -0.3 is 29.0 Å². The molecule has 0 saturated heterocycles. The quantitative estimate of drug-likeness (QED) is 0.158. The molecule has 0 aliphatic carbocycles. The lowest BCUT2D eigenvalue weighted by atomic mass is 9.86.